The van der Waals surface area contributed by atoms with Crippen molar-refractivity contribution in [3.8, 4) is 11.5 Å². The smallest absolute Gasteiger partial charge is 0.134 e. The Labute approximate surface area is 238 Å². The third-order valence-corrected chi connectivity index (χ3v) is 11.7. The standard InChI is InChI=1S/C34H42ClNO3/c1-33-22-28(23-6-8-24(9-7-23)38-21-19-36-17-3-2-4-18-36)31-25-12-13-30(37)32(35)26(25)10-11-27(31)29(33)14-16-34(33)15-5-20-39-34/h5-9,12-13,15,27-29,31,37H,2-4,10-11,14,16-22H2,1H3/t27-,28+,29-,31+,33-,34?/m0/s1. The molecule has 3 fully saturated rings. The van der Waals surface area contributed by atoms with Crippen LogP contribution >= 0.6 is 11.6 Å². The van der Waals surface area contributed by atoms with Crippen LogP contribution in [0.25, 0.3) is 0 Å². The molecule has 3 aliphatic carbocycles. The SMILES string of the molecule is C[C@]12C[C@H](c3ccc(OCCN4CCCCC4)cc3)[C@@H]3c4ccc(O)c(Cl)c4CC[C@H]3[C@@H]1CCC21C=CCO1. The summed E-state index contributed by atoms with van der Waals surface area (Å²) in [5.74, 6) is 3.14. The van der Waals surface area contributed by atoms with Gasteiger partial charge in [-0.05, 0) is 117 Å². The first-order valence-electron chi connectivity index (χ1n) is 15.3. The number of halogens is 1. The van der Waals surface area contributed by atoms with Gasteiger partial charge >= 0.3 is 0 Å². The molecule has 6 atom stereocenters. The van der Waals surface area contributed by atoms with E-state index in [0.717, 1.165) is 56.8 Å². The van der Waals surface area contributed by atoms with Crippen molar-refractivity contribution in [3.05, 3.63) is 70.3 Å². The van der Waals surface area contributed by atoms with E-state index in [1.807, 2.05) is 6.07 Å². The molecule has 5 heteroatoms. The fourth-order valence-corrected chi connectivity index (χ4v) is 9.63. The van der Waals surface area contributed by atoms with E-state index in [-0.39, 0.29) is 16.8 Å². The van der Waals surface area contributed by atoms with Crippen LogP contribution in [0.2, 0.25) is 5.02 Å². The number of ether oxygens (including phenoxy) is 2. The van der Waals surface area contributed by atoms with Gasteiger partial charge in [0.2, 0.25) is 0 Å². The van der Waals surface area contributed by atoms with E-state index in [4.69, 9.17) is 21.1 Å². The molecule has 1 saturated heterocycles. The Balaban J connectivity index is 1.19. The fraction of sp³-hybridized carbons (Fsp3) is 0.588. The molecule has 0 radical (unpaired) electrons. The van der Waals surface area contributed by atoms with Crippen LogP contribution in [0.15, 0.2) is 48.6 Å². The highest BCUT2D eigenvalue weighted by atomic mass is 35.5. The molecule has 1 spiro atoms. The van der Waals surface area contributed by atoms with Crippen molar-refractivity contribution >= 4 is 11.6 Å². The van der Waals surface area contributed by atoms with Gasteiger partial charge in [-0.2, -0.15) is 0 Å². The summed E-state index contributed by atoms with van der Waals surface area (Å²) in [4.78, 5) is 2.53. The summed E-state index contributed by atoms with van der Waals surface area (Å²) in [7, 11) is 0. The van der Waals surface area contributed by atoms with Crippen LogP contribution in [0.1, 0.15) is 80.4 Å². The van der Waals surface area contributed by atoms with E-state index in [2.05, 4.69) is 54.3 Å². The van der Waals surface area contributed by atoms with Gasteiger partial charge in [-0.1, -0.05) is 55.3 Å². The maximum Gasteiger partial charge on any atom is 0.134 e. The molecule has 1 unspecified atom stereocenters. The van der Waals surface area contributed by atoms with Gasteiger partial charge in [-0.3, -0.25) is 4.90 Å². The van der Waals surface area contributed by atoms with E-state index in [0.29, 0.717) is 28.7 Å². The highest BCUT2D eigenvalue weighted by molar-refractivity contribution is 6.32. The number of phenolic OH excluding ortho intramolecular Hbond substituents is 1. The zero-order chi connectivity index (χ0) is 26.6. The van der Waals surface area contributed by atoms with Gasteiger partial charge in [0.05, 0.1) is 17.2 Å². The normalized spacial score (nSPS) is 35.5. The zero-order valence-electron chi connectivity index (χ0n) is 23.2. The van der Waals surface area contributed by atoms with Crippen LogP contribution < -0.4 is 4.74 Å². The largest absolute Gasteiger partial charge is 0.506 e. The van der Waals surface area contributed by atoms with Crippen molar-refractivity contribution in [1.29, 1.82) is 0 Å². The molecule has 7 rings (SSSR count). The Morgan fingerprint density at radius 2 is 1.90 bits per heavy atom. The molecule has 4 nitrogen and oxygen atoms in total. The number of hydrogen-bond acceptors (Lipinski definition) is 4. The van der Waals surface area contributed by atoms with Crippen LogP contribution in [-0.4, -0.2) is 48.5 Å². The Hall–Kier alpha value is -2.01. The highest BCUT2D eigenvalue weighted by Crippen LogP contribution is 2.69. The second-order valence-electron chi connectivity index (χ2n) is 13.0. The number of fused-ring (bicyclic) bond motifs is 6. The van der Waals surface area contributed by atoms with E-state index in [1.54, 1.807) is 0 Å². The number of hydrogen-bond donors (Lipinski definition) is 1. The number of phenols is 1. The Kier molecular flexibility index (Phi) is 6.73. The minimum Gasteiger partial charge on any atom is -0.506 e. The van der Waals surface area contributed by atoms with E-state index in [9.17, 15) is 5.11 Å². The van der Waals surface area contributed by atoms with Crippen molar-refractivity contribution in [3.63, 3.8) is 0 Å². The molecule has 1 N–H and O–H groups in total. The predicted molar refractivity (Wildman–Crippen MR) is 156 cm³/mol. The van der Waals surface area contributed by atoms with Crippen molar-refractivity contribution in [2.45, 2.75) is 75.7 Å². The van der Waals surface area contributed by atoms with Crippen molar-refractivity contribution < 1.29 is 14.6 Å². The minimum absolute atomic E-state index is 0.105. The van der Waals surface area contributed by atoms with Crippen LogP contribution in [-0.2, 0) is 11.2 Å². The summed E-state index contributed by atoms with van der Waals surface area (Å²) < 4.78 is 12.8. The van der Waals surface area contributed by atoms with Crippen molar-refractivity contribution in [2.75, 3.05) is 32.8 Å². The highest BCUT2D eigenvalue weighted by Gasteiger charge is 2.64. The maximum atomic E-state index is 10.4. The summed E-state index contributed by atoms with van der Waals surface area (Å²) in [5, 5.41) is 11.0. The molecule has 2 heterocycles. The average Bonchev–Trinajstić information content (AvgIpc) is 3.56. The Bertz CT molecular complexity index is 1240. The van der Waals surface area contributed by atoms with Crippen LogP contribution in [0.5, 0.6) is 11.5 Å². The van der Waals surface area contributed by atoms with E-state index >= 15 is 0 Å². The summed E-state index contributed by atoms with van der Waals surface area (Å²) in [6, 6.07) is 13.0. The second kappa shape index (κ2) is 10.1. The van der Waals surface area contributed by atoms with E-state index < -0.39 is 0 Å². The first-order valence-corrected chi connectivity index (χ1v) is 15.6. The molecule has 2 saturated carbocycles. The topological polar surface area (TPSA) is 41.9 Å². The molecular formula is C34H42ClNO3. The zero-order valence-corrected chi connectivity index (χ0v) is 24.0. The fourth-order valence-electron chi connectivity index (χ4n) is 9.37. The van der Waals surface area contributed by atoms with Crippen LogP contribution in [0.4, 0.5) is 0 Å². The summed E-state index contributed by atoms with van der Waals surface area (Å²) in [6.07, 6.45) is 14.1. The number of aromatic hydroxyl groups is 1. The summed E-state index contributed by atoms with van der Waals surface area (Å²) in [5.41, 5.74) is 3.87. The molecule has 0 amide bonds. The van der Waals surface area contributed by atoms with E-state index in [1.165, 1.54) is 49.9 Å². The molecule has 0 aromatic heterocycles. The molecular weight excluding hydrogens is 506 g/mol. The molecule has 2 aliphatic heterocycles. The number of rotatable bonds is 5. The first-order chi connectivity index (χ1) is 19.0. The van der Waals surface area contributed by atoms with Crippen molar-refractivity contribution in [2.24, 2.45) is 17.3 Å². The molecule has 0 bridgehead atoms. The lowest BCUT2D eigenvalue weighted by atomic mass is 9.49. The molecule has 2 aromatic rings. The molecule has 2 aromatic carbocycles. The van der Waals surface area contributed by atoms with Gasteiger partial charge in [-0.25, -0.2) is 0 Å². The monoisotopic (exact) mass is 547 g/mol. The Morgan fingerprint density at radius 3 is 2.67 bits per heavy atom. The van der Waals surface area contributed by atoms with Gasteiger partial charge in [-0.15, -0.1) is 0 Å². The lowest BCUT2D eigenvalue weighted by Gasteiger charge is -2.56. The van der Waals surface area contributed by atoms with Gasteiger partial charge in [0, 0.05) is 12.0 Å². The summed E-state index contributed by atoms with van der Waals surface area (Å²) in [6.45, 7) is 7.41. The molecule has 5 aliphatic rings. The Morgan fingerprint density at radius 1 is 1.08 bits per heavy atom. The van der Waals surface area contributed by atoms with Gasteiger partial charge in [0.1, 0.15) is 18.1 Å². The lowest BCUT2D eigenvalue weighted by molar-refractivity contribution is -0.101. The third-order valence-electron chi connectivity index (χ3n) is 11.3. The number of piperidine rings is 1. The van der Waals surface area contributed by atoms with Crippen molar-refractivity contribution in [1.82, 2.24) is 4.90 Å². The molecule has 39 heavy (non-hydrogen) atoms. The maximum absolute atomic E-state index is 10.4. The number of likely N-dealkylation sites (tertiary alicyclic amines) is 1. The quantitative estimate of drug-likeness (QED) is 0.394. The first kappa shape index (κ1) is 25.9. The lowest BCUT2D eigenvalue weighted by Crippen LogP contribution is -2.52. The average molecular weight is 548 g/mol. The van der Waals surface area contributed by atoms with Gasteiger partial charge in [0.15, 0.2) is 0 Å². The third kappa shape index (κ3) is 4.24. The predicted octanol–water partition coefficient (Wildman–Crippen LogP) is 7.49. The van der Waals surface area contributed by atoms with Gasteiger partial charge in [0.25, 0.3) is 0 Å². The number of benzene rings is 2. The number of nitrogens with zero attached hydrogens (tertiary/aromatic N) is 1. The second-order valence-corrected chi connectivity index (χ2v) is 13.4. The minimum atomic E-state index is -0.134. The van der Waals surface area contributed by atoms with Crippen LogP contribution in [0, 0.1) is 17.3 Å². The van der Waals surface area contributed by atoms with Gasteiger partial charge < -0.3 is 14.6 Å². The summed E-state index contributed by atoms with van der Waals surface area (Å²) >= 11 is 6.70. The van der Waals surface area contributed by atoms with Crippen LogP contribution in [0.3, 0.4) is 0 Å². The molecule has 208 valence electrons.